The molecule has 6 nitrogen and oxygen atoms in total. The van der Waals surface area contributed by atoms with Gasteiger partial charge in [-0.05, 0) is 36.8 Å². The van der Waals surface area contributed by atoms with Gasteiger partial charge in [-0.15, -0.1) is 0 Å². The number of ether oxygens (including phenoxy) is 2. The van der Waals surface area contributed by atoms with Crippen LogP contribution in [0.5, 0.6) is 11.5 Å². The highest BCUT2D eigenvalue weighted by molar-refractivity contribution is 5.97. The zero-order valence-corrected chi connectivity index (χ0v) is 14.2. The van der Waals surface area contributed by atoms with E-state index in [1.54, 1.807) is 55.6 Å². The first-order valence-electron chi connectivity index (χ1n) is 7.93. The van der Waals surface area contributed by atoms with E-state index in [0.717, 1.165) is 0 Å². The summed E-state index contributed by atoms with van der Waals surface area (Å²) in [6.07, 6.45) is -0.227. The molecule has 0 heterocycles. The second-order valence-corrected chi connectivity index (χ2v) is 5.33. The average Bonchev–Trinajstić information content (AvgIpc) is 2.61. The number of aliphatic carboxylic acids is 1. The Kier molecular flexibility index (Phi) is 6.39. The zero-order valence-electron chi connectivity index (χ0n) is 14.2. The number of carbonyl (C=O) groups is 2. The van der Waals surface area contributed by atoms with E-state index in [1.807, 2.05) is 6.92 Å². The number of methoxy groups -OCH3 is 1. The van der Waals surface area contributed by atoms with Crippen LogP contribution in [0.15, 0.2) is 48.5 Å². The molecule has 1 amide bonds. The normalized spacial score (nSPS) is 11.4. The molecule has 0 aliphatic rings. The second kappa shape index (κ2) is 8.73. The van der Waals surface area contributed by atoms with Crippen LogP contribution in [-0.4, -0.2) is 30.7 Å². The Morgan fingerprint density at radius 3 is 2.40 bits per heavy atom. The first kappa shape index (κ1) is 18.3. The third-order valence-corrected chi connectivity index (χ3v) is 3.63. The number of rotatable bonds is 8. The molecular formula is C19H21NO5. The van der Waals surface area contributed by atoms with Crippen LogP contribution in [0.1, 0.15) is 35.3 Å². The smallest absolute Gasteiger partial charge is 0.305 e. The van der Waals surface area contributed by atoms with Crippen LogP contribution in [0.3, 0.4) is 0 Å². The summed E-state index contributed by atoms with van der Waals surface area (Å²) in [5.74, 6) is -0.262. The highest BCUT2D eigenvalue weighted by Crippen LogP contribution is 2.23. The van der Waals surface area contributed by atoms with Gasteiger partial charge < -0.3 is 19.9 Å². The van der Waals surface area contributed by atoms with E-state index in [0.29, 0.717) is 29.2 Å². The Labute approximate surface area is 146 Å². The van der Waals surface area contributed by atoms with Crippen molar-refractivity contribution in [3.8, 4) is 11.5 Å². The average molecular weight is 343 g/mol. The predicted octanol–water partition coefficient (Wildman–Crippen LogP) is 3.04. The molecule has 0 aromatic heterocycles. The number of benzene rings is 2. The van der Waals surface area contributed by atoms with Crippen LogP contribution < -0.4 is 14.8 Å². The van der Waals surface area contributed by atoms with Crippen molar-refractivity contribution in [2.75, 3.05) is 13.7 Å². The lowest BCUT2D eigenvalue weighted by molar-refractivity contribution is -0.137. The minimum Gasteiger partial charge on any atom is -0.497 e. The van der Waals surface area contributed by atoms with Crippen molar-refractivity contribution in [2.24, 2.45) is 0 Å². The zero-order chi connectivity index (χ0) is 18.2. The predicted molar refractivity (Wildman–Crippen MR) is 93.1 cm³/mol. The molecule has 132 valence electrons. The summed E-state index contributed by atoms with van der Waals surface area (Å²) in [5, 5.41) is 11.9. The van der Waals surface area contributed by atoms with E-state index < -0.39 is 12.0 Å². The molecule has 2 aromatic carbocycles. The van der Waals surface area contributed by atoms with Gasteiger partial charge in [0.05, 0.1) is 31.7 Å². The summed E-state index contributed by atoms with van der Waals surface area (Å²) in [6.45, 7) is 2.26. The molecule has 0 aliphatic heterocycles. The first-order valence-corrected chi connectivity index (χ1v) is 7.93. The van der Waals surface area contributed by atoms with Crippen molar-refractivity contribution in [2.45, 2.75) is 19.4 Å². The minimum atomic E-state index is -1.00. The highest BCUT2D eigenvalue weighted by atomic mass is 16.5. The summed E-state index contributed by atoms with van der Waals surface area (Å²) < 4.78 is 10.6. The van der Waals surface area contributed by atoms with Gasteiger partial charge in [-0.25, -0.2) is 0 Å². The maximum Gasteiger partial charge on any atom is 0.305 e. The Hall–Kier alpha value is -3.02. The third kappa shape index (κ3) is 4.97. The van der Waals surface area contributed by atoms with Crippen molar-refractivity contribution < 1.29 is 24.2 Å². The first-order chi connectivity index (χ1) is 12.0. The van der Waals surface area contributed by atoms with Crippen LogP contribution >= 0.6 is 0 Å². The highest BCUT2D eigenvalue weighted by Gasteiger charge is 2.21. The van der Waals surface area contributed by atoms with Gasteiger partial charge >= 0.3 is 5.97 Å². The van der Waals surface area contributed by atoms with Crippen molar-refractivity contribution in [3.05, 3.63) is 59.7 Å². The molecule has 6 heteroatoms. The lowest BCUT2D eigenvalue weighted by atomic mass is 10.0. The summed E-state index contributed by atoms with van der Waals surface area (Å²) in [6, 6.07) is 13.1. The van der Waals surface area contributed by atoms with Gasteiger partial charge in [0.2, 0.25) is 0 Å². The maximum atomic E-state index is 12.6. The van der Waals surface area contributed by atoms with E-state index in [9.17, 15) is 9.59 Å². The number of carbonyl (C=O) groups excluding carboxylic acids is 1. The molecule has 0 aliphatic carbocycles. The fourth-order valence-electron chi connectivity index (χ4n) is 2.43. The topological polar surface area (TPSA) is 84.9 Å². The molecule has 0 radical (unpaired) electrons. The molecular weight excluding hydrogens is 322 g/mol. The molecule has 0 bridgehead atoms. The van der Waals surface area contributed by atoms with Gasteiger partial charge in [-0.1, -0.05) is 24.3 Å². The standard InChI is InChI=1S/C19H21NO5/c1-3-25-17-7-5-4-6-15(17)19(23)20-16(12-18(21)22)13-8-10-14(24-2)11-9-13/h4-11,16H,3,12H2,1-2H3,(H,20,23)(H,21,22). The monoisotopic (exact) mass is 343 g/mol. The number of para-hydroxylation sites is 1. The summed E-state index contributed by atoms with van der Waals surface area (Å²) >= 11 is 0. The molecule has 2 N–H and O–H groups in total. The molecule has 1 unspecified atom stereocenters. The molecule has 1 atom stereocenters. The SMILES string of the molecule is CCOc1ccccc1C(=O)NC(CC(=O)O)c1ccc(OC)cc1. The fourth-order valence-corrected chi connectivity index (χ4v) is 2.43. The fraction of sp³-hybridized carbons (Fsp3) is 0.263. The largest absolute Gasteiger partial charge is 0.497 e. The molecule has 25 heavy (non-hydrogen) atoms. The van der Waals surface area contributed by atoms with Crippen LogP contribution in [0.25, 0.3) is 0 Å². The minimum absolute atomic E-state index is 0.227. The third-order valence-electron chi connectivity index (χ3n) is 3.63. The summed E-state index contributed by atoms with van der Waals surface area (Å²) in [5.41, 5.74) is 1.05. The Morgan fingerprint density at radius 2 is 1.80 bits per heavy atom. The van der Waals surface area contributed by atoms with Crippen LogP contribution in [0, 0.1) is 0 Å². The Morgan fingerprint density at radius 1 is 1.12 bits per heavy atom. The molecule has 2 rings (SSSR count). The molecule has 0 saturated heterocycles. The van der Waals surface area contributed by atoms with Crippen LogP contribution in [-0.2, 0) is 4.79 Å². The van der Waals surface area contributed by atoms with E-state index >= 15 is 0 Å². The van der Waals surface area contributed by atoms with Gasteiger partial charge in [0.1, 0.15) is 11.5 Å². The lowest BCUT2D eigenvalue weighted by Crippen LogP contribution is -2.30. The van der Waals surface area contributed by atoms with Gasteiger partial charge in [0, 0.05) is 0 Å². The molecule has 0 spiro atoms. The molecule has 0 saturated carbocycles. The van der Waals surface area contributed by atoms with E-state index in [-0.39, 0.29) is 12.3 Å². The van der Waals surface area contributed by atoms with Gasteiger partial charge in [0.15, 0.2) is 0 Å². The van der Waals surface area contributed by atoms with E-state index in [1.165, 1.54) is 0 Å². The molecule has 0 fully saturated rings. The summed E-state index contributed by atoms with van der Waals surface area (Å²) in [4.78, 5) is 23.8. The van der Waals surface area contributed by atoms with E-state index in [2.05, 4.69) is 5.32 Å². The Balaban J connectivity index is 2.24. The Bertz CT molecular complexity index is 727. The van der Waals surface area contributed by atoms with Crippen molar-refractivity contribution in [3.63, 3.8) is 0 Å². The number of carboxylic acid groups (broad SMARTS) is 1. The van der Waals surface area contributed by atoms with Crippen LogP contribution in [0.4, 0.5) is 0 Å². The quantitative estimate of drug-likeness (QED) is 0.769. The molecule has 2 aromatic rings. The summed E-state index contributed by atoms with van der Waals surface area (Å²) in [7, 11) is 1.55. The van der Waals surface area contributed by atoms with Gasteiger partial charge in [-0.2, -0.15) is 0 Å². The van der Waals surface area contributed by atoms with Crippen molar-refractivity contribution in [1.29, 1.82) is 0 Å². The van der Waals surface area contributed by atoms with Crippen molar-refractivity contribution in [1.82, 2.24) is 5.32 Å². The van der Waals surface area contributed by atoms with Gasteiger partial charge in [-0.3, -0.25) is 9.59 Å². The van der Waals surface area contributed by atoms with E-state index in [4.69, 9.17) is 14.6 Å². The van der Waals surface area contributed by atoms with Crippen LogP contribution in [0.2, 0.25) is 0 Å². The number of carboxylic acids is 1. The maximum absolute atomic E-state index is 12.6. The lowest BCUT2D eigenvalue weighted by Gasteiger charge is -2.19. The number of hydrogen-bond acceptors (Lipinski definition) is 4. The van der Waals surface area contributed by atoms with Gasteiger partial charge in [0.25, 0.3) is 5.91 Å². The number of nitrogens with one attached hydrogen (secondary N) is 1. The number of hydrogen-bond donors (Lipinski definition) is 2. The number of amides is 1. The second-order valence-electron chi connectivity index (χ2n) is 5.33. The van der Waals surface area contributed by atoms with Crippen molar-refractivity contribution >= 4 is 11.9 Å².